The first-order chi connectivity index (χ1) is 8.65. The van der Waals surface area contributed by atoms with Crippen LogP contribution < -0.4 is 4.72 Å². The van der Waals surface area contributed by atoms with Crippen molar-refractivity contribution in [3.63, 3.8) is 0 Å². The van der Waals surface area contributed by atoms with Gasteiger partial charge in [-0.3, -0.25) is 0 Å². The van der Waals surface area contributed by atoms with E-state index in [1.165, 1.54) is 0 Å². The third-order valence-corrected chi connectivity index (χ3v) is 4.28. The molecule has 0 aliphatic rings. The second-order valence-electron chi connectivity index (χ2n) is 3.64. The fraction of sp³-hybridized carbons (Fsp3) is 0.444. The second-order valence-corrected chi connectivity index (χ2v) is 7.60. The molecule has 0 amide bonds. The number of carbonyl (C=O) groups excluding carboxylic acids is 1. The zero-order valence-corrected chi connectivity index (χ0v) is 11.9. The van der Waals surface area contributed by atoms with Crippen LogP contribution in [-0.2, 0) is 24.6 Å². The van der Waals surface area contributed by atoms with Crippen molar-refractivity contribution in [2.24, 2.45) is 0 Å². The van der Waals surface area contributed by atoms with Crippen LogP contribution in [0.25, 0.3) is 0 Å². The molecule has 1 rings (SSSR count). The van der Waals surface area contributed by atoms with Gasteiger partial charge in [0.1, 0.15) is 9.84 Å². The van der Waals surface area contributed by atoms with Crippen molar-refractivity contribution >= 4 is 25.8 Å². The lowest BCUT2D eigenvalue weighted by Crippen LogP contribution is -2.28. The monoisotopic (exact) mass is 311 g/mol. The highest BCUT2D eigenvalue weighted by Crippen LogP contribution is 2.14. The van der Waals surface area contributed by atoms with E-state index in [2.05, 4.69) is 4.74 Å². The lowest BCUT2D eigenvalue weighted by molar-refractivity contribution is 0.0559. The van der Waals surface area contributed by atoms with E-state index >= 15 is 0 Å². The summed E-state index contributed by atoms with van der Waals surface area (Å²) in [6.07, 6.45) is 0.990. The van der Waals surface area contributed by atoms with Gasteiger partial charge in [0.25, 0.3) is 10.0 Å². The molecule has 0 spiro atoms. The van der Waals surface area contributed by atoms with Gasteiger partial charge in [-0.25, -0.2) is 26.4 Å². The van der Waals surface area contributed by atoms with Gasteiger partial charge in [0.05, 0.1) is 12.9 Å². The summed E-state index contributed by atoms with van der Waals surface area (Å²) in [6, 6.07) is 2.23. The van der Waals surface area contributed by atoms with Crippen molar-refractivity contribution < 1.29 is 30.8 Å². The average Bonchev–Trinajstić information content (AvgIpc) is 2.75. The molecule has 0 saturated carbocycles. The van der Waals surface area contributed by atoms with Gasteiger partial charge in [0, 0.05) is 12.8 Å². The molecule has 0 aliphatic carbocycles. The lowest BCUT2D eigenvalue weighted by Gasteiger charge is -2.02. The Hall–Kier alpha value is -1.39. The highest BCUT2D eigenvalue weighted by molar-refractivity contribution is 7.91. The average molecular weight is 311 g/mol. The van der Waals surface area contributed by atoms with Gasteiger partial charge in [0.2, 0.25) is 10.9 Å². The smallest absolute Gasteiger partial charge is 0.374 e. The highest BCUT2D eigenvalue weighted by Gasteiger charge is 2.21. The number of sulfonamides is 1. The standard InChI is InChI=1S/C9H13NO7S2/c1-16-9(11)7-3-4-8(17-7)19(14,15)10-5-6-18(2,12)13/h3-4,10H,5-6H2,1-2H3. The molecule has 0 aromatic carbocycles. The molecule has 1 heterocycles. The second kappa shape index (κ2) is 5.72. The van der Waals surface area contributed by atoms with Crippen LogP contribution >= 0.6 is 0 Å². The fourth-order valence-electron chi connectivity index (χ4n) is 1.11. The molecule has 19 heavy (non-hydrogen) atoms. The molecule has 1 aromatic rings. The fourth-order valence-corrected chi connectivity index (χ4v) is 2.67. The summed E-state index contributed by atoms with van der Waals surface area (Å²) < 4.78 is 56.3. The van der Waals surface area contributed by atoms with Crippen LogP contribution in [0.1, 0.15) is 10.6 Å². The van der Waals surface area contributed by atoms with Crippen LogP contribution in [-0.4, -0.2) is 48.5 Å². The summed E-state index contributed by atoms with van der Waals surface area (Å²) in [5, 5.41) is -0.485. The van der Waals surface area contributed by atoms with Gasteiger partial charge < -0.3 is 9.15 Å². The van der Waals surface area contributed by atoms with Crippen molar-refractivity contribution in [1.29, 1.82) is 0 Å². The van der Waals surface area contributed by atoms with E-state index in [4.69, 9.17) is 4.42 Å². The molecule has 1 aromatic heterocycles. The van der Waals surface area contributed by atoms with Gasteiger partial charge >= 0.3 is 5.97 Å². The van der Waals surface area contributed by atoms with Gasteiger partial charge in [-0.15, -0.1) is 0 Å². The summed E-state index contributed by atoms with van der Waals surface area (Å²) in [6.45, 7) is -0.282. The van der Waals surface area contributed by atoms with Gasteiger partial charge in [0.15, 0.2) is 0 Å². The Labute approximate surface area is 110 Å². The Morgan fingerprint density at radius 1 is 1.32 bits per heavy atom. The highest BCUT2D eigenvalue weighted by atomic mass is 32.2. The quantitative estimate of drug-likeness (QED) is 0.696. The first kappa shape index (κ1) is 15.7. The molecule has 0 bridgehead atoms. The summed E-state index contributed by atoms with van der Waals surface area (Å²) >= 11 is 0. The minimum atomic E-state index is -3.99. The number of hydrogen-bond acceptors (Lipinski definition) is 7. The van der Waals surface area contributed by atoms with E-state index in [1.54, 1.807) is 0 Å². The zero-order chi connectivity index (χ0) is 14.7. The molecule has 0 atom stereocenters. The minimum absolute atomic E-state index is 0.258. The van der Waals surface area contributed by atoms with E-state index in [0.717, 1.165) is 25.5 Å². The Balaban J connectivity index is 2.78. The van der Waals surface area contributed by atoms with Crippen LogP contribution in [0.5, 0.6) is 0 Å². The zero-order valence-electron chi connectivity index (χ0n) is 10.2. The predicted molar refractivity (Wildman–Crippen MR) is 64.9 cm³/mol. The summed E-state index contributed by atoms with van der Waals surface area (Å²) in [7, 11) is -6.14. The van der Waals surface area contributed by atoms with E-state index in [9.17, 15) is 21.6 Å². The SMILES string of the molecule is COC(=O)c1ccc(S(=O)(=O)NCCS(C)(=O)=O)o1. The molecule has 1 N–H and O–H groups in total. The van der Waals surface area contributed by atoms with Crippen molar-refractivity contribution in [3.8, 4) is 0 Å². The number of furan rings is 1. The van der Waals surface area contributed by atoms with Crippen LogP contribution in [0.15, 0.2) is 21.6 Å². The molecule has 8 nitrogen and oxygen atoms in total. The van der Waals surface area contributed by atoms with E-state index < -0.39 is 30.9 Å². The first-order valence-corrected chi connectivity index (χ1v) is 8.55. The van der Waals surface area contributed by atoms with Crippen molar-refractivity contribution in [2.45, 2.75) is 5.09 Å². The Morgan fingerprint density at radius 2 is 1.95 bits per heavy atom. The van der Waals surface area contributed by atoms with Gasteiger partial charge in [-0.2, -0.15) is 0 Å². The number of esters is 1. The normalized spacial score (nSPS) is 12.3. The number of nitrogens with one attached hydrogen (secondary N) is 1. The molecular weight excluding hydrogens is 298 g/mol. The molecule has 0 radical (unpaired) electrons. The Bertz CT molecular complexity index is 656. The Kier molecular flexibility index (Phi) is 4.71. The van der Waals surface area contributed by atoms with Crippen LogP contribution in [0.2, 0.25) is 0 Å². The summed E-state index contributed by atoms with van der Waals surface area (Å²) in [5.41, 5.74) is 0. The van der Waals surface area contributed by atoms with Crippen molar-refractivity contribution in [1.82, 2.24) is 4.72 Å². The van der Waals surface area contributed by atoms with E-state index in [-0.39, 0.29) is 18.1 Å². The number of carbonyl (C=O) groups is 1. The van der Waals surface area contributed by atoms with Gasteiger partial charge in [-0.1, -0.05) is 0 Å². The maximum absolute atomic E-state index is 11.7. The Morgan fingerprint density at radius 3 is 2.47 bits per heavy atom. The van der Waals surface area contributed by atoms with Crippen molar-refractivity contribution in [2.75, 3.05) is 25.7 Å². The number of ether oxygens (including phenoxy) is 1. The number of rotatable bonds is 6. The molecular formula is C9H13NO7S2. The van der Waals surface area contributed by atoms with Gasteiger partial charge in [-0.05, 0) is 12.1 Å². The van der Waals surface area contributed by atoms with E-state index in [1.807, 2.05) is 4.72 Å². The summed E-state index contributed by atoms with van der Waals surface area (Å²) in [4.78, 5) is 11.1. The molecule has 0 saturated heterocycles. The number of hydrogen-bond donors (Lipinski definition) is 1. The lowest BCUT2D eigenvalue weighted by atomic mass is 10.5. The maximum atomic E-state index is 11.7. The largest absolute Gasteiger partial charge is 0.463 e. The summed E-state index contributed by atoms with van der Waals surface area (Å²) in [5.74, 6) is -1.40. The van der Waals surface area contributed by atoms with Crippen LogP contribution in [0.4, 0.5) is 0 Å². The molecule has 0 aliphatic heterocycles. The minimum Gasteiger partial charge on any atom is -0.463 e. The van der Waals surface area contributed by atoms with Crippen LogP contribution in [0, 0.1) is 0 Å². The number of sulfone groups is 1. The predicted octanol–water partition coefficient (Wildman–Crippen LogP) is -0.611. The van der Waals surface area contributed by atoms with E-state index in [0.29, 0.717) is 0 Å². The third-order valence-electron chi connectivity index (χ3n) is 2.00. The first-order valence-electron chi connectivity index (χ1n) is 5.01. The maximum Gasteiger partial charge on any atom is 0.374 e. The molecule has 0 fully saturated rings. The molecule has 108 valence electrons. The van der Waals surface area contributed by atoms with Crippen LogP contribution in [0.3, 0.4) is 0 Å². The third kappa shape index (κ3) is 4.65. The topological polar surface area (TPSA) is 120 Å². The molecule has 10 heteroatoms. The number of methoxy groups -OCH3 is 1. The molecule has 0 unspecified atom stereocenters. The van der Waals surface area contributed by atoms with Crippen molar-refractivity contribution in [3.05, 3.63) is 17.9 Å².